The van der Waals surface area contributed by atoms with Crippen molar-refractivity contribution < 1.29 is 15.0 Å². The zero-order valence-corrected chi connectivity index (χ0v) is 15.0. The second-order valence-electron chi connectivity index (χ2n) is 8.81. The number of fused-ring (bicyclic) bond motifs is 2. The third-order valence-electron chi connectivity index (χ3n) is 6.77. The molecule has 3 nitrogen and oxygen atoms in total. The molecule has 3 aliphatic carbocycles. The summed E-state index contributed by atoms with van der Waals surface area (Å²) in [5, 5.41) is 21.7. The van der Waals surface area contributed by atoms with Crippen LogP contribution >= 0.6 is 0 Å². The zero-order chi connectivity index (χ0) is 17.2. The Hall–Kier alpha value is -0.930. The fourth-order valence-corrected chi connectivity index (χ4v) is 4.99. The van der Waals surface area contributed by atoms with Crippen LogP contribution in [0.5, 0.6) is 0 Å². The second kappa shape index (κ2) is 5.29. The van der Waals surface area contributed by atoms with Crippen LogP contribution in [-0.4, -0.2) is 27.7 Å². The molecule has 23 heavy (non-hydrogen) atoms. The van der Waals surface area contributed by atoms with Gasteiger partial charge in [-0.15, -0.1) is 0 Å². The predicted octanol–water partition coefficient (Wildman–Crippen LogP) is 3.26. The average molecular weight is 318 g/mol. The van der Waals surface area contributed by atoms with E-state index in [0.29, 0.717) is 23.8 Å². The van der Waals surface area contributed by atoms with E-state index in [0.717, 1.165) is 12.8 Å². The van der Waals surface area contributed by atoms with Crippen LogP contribution in [0.4, 0.5) is 0 Å². The first-order chi connectivity index (χ1) is 10.6. The van der Waals surface area contributed by atoms with E-state index in [1.807, 2.05) is 19.9 Å². The topological polar surface area (TPSA) is 57.5 Å². The summed E-state index contributed by atoms with van der Waals surface area (Å²) >= 11 is 0. The molecule has 2 saturated carbocycles. The molecular formula is C20H30O3. The van der Waals surface area contributed by atoms with Crippen LogP contribution in [0, 0.1) is 29.1 Å². The maximum Gasteiger partial charge on any atom is 0.190 e. The predicted molar refractivity (Wildman–Crippen MR) is 90.7 cm³/mol. The van der Waals surface area contributed by atoms with Crippen molar-refractivity contribution in [2.24, 2.45) is 29.1 Å². The van der Waals surface area contributed by atoms with Crippen molar-refractivity contribution in [3.8, 4) is 0 Å². The van der Waals surface area contributed by atoms with Crippen molar-refractivity contribution in [2.45, 2.75) is 65.6 Å². The van der Waals surface area contributed by atoms with Gasteiger partial charge in [0.2, 0.25) is 0 Å². The number of allylic oxidation sites excluding steroid dienone is 2. The van der Waals surface area contributed by atoms with Gasteiger partial charge in [0.15, 0.2) is 5.78 Å². The van der Waals surface area contributed by atoms with Crippen LogP contribution in [0.25, 0.3) is 0 Å². The first-order valence-corrected chi connectivity index (χ1v) is 8.90. The van der Waals surface area contributed by atoms with Crippen molar-refractivity contribution >= 4 is 5.78 Å². The summed E-state index contributed by atoms with van der Waals surface area (Å²) in [7, 11) is 0. The first-order valence-electron chi connectivity index (χ1n) is 8.90. The number of aliphatic hydroxyl groups excluding tert-OH is 1. The molecule has 3 aliphatic rings. The molecule has 0 aromatic rings. The fourth-order valence-electron chi connectivity index (χ4n) is 4.99. The molecule has 0 bridgehead atoms. The van der Waals surface area contributed by atoms with E-state index in [2.05, 4.69) is 26.8 Å². The van der Waals surface area contributed by atoms with Crippen LogP contribution in [0.1, 0.15) is 53.9 Å². The smallest absolute Gasteiger partial charge is 0.190 e. The van der Waals surface area contributed by atoms with Crippen molar-refractivity contribution in [3.05, 3.63) is 23.3 Å². The van der Waals surface area contributed by atoms with Gasteiger partial charge in [0.25, 0.3) is 0 Å². The van der Waals surface area contributed by atoms with Gasteiger partial charge in [-0.25, -0.2) is 0 Å². The molecular weight excluding hydrogens is 288 g/mol. The largest absolute Gasteiger partial charge is 0.392 e. The third kappa shape index (κ3) is 2.53. The number of Topliss-reactive ketones (excluding diaryl/α,β-unsaturated/α-hetero) is 1. The zero-order valence-electron chi connectivity index (χ0n) is 15.0. The first kappa shape index (κ1) is 16.9. The molecule has 0 aliphatic heterocycles. The molecule has 3 heteroatoms. The molecule has 128 valence electrons. The van der Waals surface area contributed by atoms with E-state index in [4.69, 9.17) is 0 Å². The Labute approximate surface area is 139 Å². The molecule has 0 radical (unpaired) electrons. The van der Waals surface area contributed by atoms with Crippen LogP contribution in [0.2, 0.25) is 0 Å². The molecule has 0 aromatic carbocycles. The number of hydrogen-bond acceptors (Lipinski definition) is 3. The lowest BCUT2D eigenvalue weighted by Crippen LogP contribution is -2.44. The third-order valence-corrected chi connectivity index (χ3v) is 6.77. The van der Waals surface area contributed by atoms with Crippen LogP contribution in [0.15, 0.2) is 23.3 Å². The van der Waals surface area contributed by atoms with Crippen LogP contribution in [0.3, 0.4) is 0 Å². The maximum atomic E-state index is 13.0. The van der Waals surface area contributed by atoms with Crippen molar-refractivity contribution in [2.75, 3.05) is 0 Å². The summed E-state index contributed by atoms with van der Waals surface area (Å²) in [5.74, 6) is 0.265. The Bertz CT molecular complexity index is 586. The minimum absolute atomic E-state index is 0.0705. The number of aliphatic hydroxyl groups is 2. The fraction of sp³-hybridized carbons (Fsp3) is 0.750. The molecule has 6 atom stereocenters. The number of carbonyl (C=O) groups excluding carboxylic acids is 1. The van der Waals surface area contributed by atoms with E-state index in [1.54, 1.807) is 0 Å². The molecule has 2 fully saturated rings. The lowest BCUT2D eigenvalue weighted by Gasteiger charge is -2.29. The summed E-state index contributed by atoms with van der Waals surface area (Å²) in [6, 6.07) is 0. The molecule has 0 saturated heterocycles. The standard InChI is InChI=1S/C20H30O3/c1-11-6-7-14-15(19(14,4)5)9-12(2)18(22)20(23)10-13(3)17(21)16(20)8-11/h8-9,13-17,21,23H,6-7,10H2,1-5H3/b11-8+,12-9+/t13-,14-,15+,16-,17-,20+/m0/s1. The van der Waals surface area contributed by atoms with Gasteiger partial charge in [0, 0.05) is 5.92 Å². The van der Waals surface area contributed by atoms with E-state index >= 15 is 0 Å². The summed E-state index contributed by atoms with van der Waals surface area (Å²) in [5.41, 5.74) is 0.619. The van der Waals surface area contributed by atoms with E-state index < -0.39 is 17.6 Å². The summed E-state index contributed by atoms with van der Waals surface area (Å²) in [4.78, 5) is 13.0. The molecule has 3 rings (SSSR count). The summed E-state index contributed by atoms with van der Waals surface area (Å²) < 4.78 is 0. The molecule has 0 heterocycles. The Morgan fingerprint density at radius 1 is 1.17 bits per heavy atom. The lowest BCUT2D eigenvalue weighted by molar-refractivity contribution is -0.136. The highest BCUT2D eigenvalue weighted by atomic mass is 16.3. The normalized spacial score (nSPS) is 50.7. The second-order valence-corrected chi connectivity index (χ2v) is 8.81. The quantitative estimate of drug-likeness (QED) is 0.674. The minimum atomic E-state index is -1.46. The van der Waals surface area contributed by atoms with Crippen LogP contribution in [-0.2, 0) is 4.79 Å². The average Bonchev–Trinajstić information content (AvgIpc) is 2.90. The molecule has 0 unspecified atom stereocenters. The number of carbonyl (C=O) groups is 1. The summed E-state index contributed by atoms with van der Waals surface area (Å²) in [6.07, 6.45) is 5.81. The molecule has 2 N–H and O–H groups in total. The van der Waals surface area contributed by atoms with Crippen molar-refractivity contribution in [1.82, 2.24) is 0 Å². The number of hydrogen-bond donors (Lipinski definition) is 2. The van der Waals surface area contributed by atoms with Gasteiger partial charge in [-0.3, -0.25) is 4.79 Å². The highest BCUT2D eigenvalue weighted by Gasteiger charge is 2.58. The SMILES string of the molecule is C/C1=C\[C@H]2[C@@H](O)[C@@H](C)C[C@]2(O)C(=O)/C(C)=C/[C@@H]2[C@H](CC1)C2(C)C. The van der Waals surface area contributed by atoms with Gasteiger partial charge in [-0.2, -0.15) is 0 Å². The molecule has 0 aromatic heterocycles. The highest BCUT2D eigenvalue weighted by Crippen LogP contribution is 2.62. The van der Waals surface area contributed by atoms with E-state index in [1.165, 1.54) is 5.57 Å². The Balaban J connectivity index is 2.03. The van der Waals surface area contributed by atoms with Crippen LogP contribution < -0.4 is 0 Å². The van der Waals surface area contributed by atoms with Gasteiger partial charge in [-0.1, -0.05) is 38.5 Å². The molecule has 0 amide bonds. The lowest BCUT2D eigenvalue weighted by atomic mass is 9.81. The maximum absolute atomic E-state index is 13.0. The molecule has 0 spiro atoms. The van der Waals surface area contributed by atoms with Crippen molar-refractivity contribution in [3.63, 3.8) is 0 Å². The van der Waals surface area contributed by atoms with Gasteiger partial charge in [-0.05, 0) is 61.9 Å². The Morgan fingerprint density at radius 2 is 1.83 bits per heavy atom. The van der Waals surface area contributed by atoms with E-state index in [9.17, 15) is 15.0 Å². The summed E-state index contributed by atoms with van der Waals surface area (Å²) in [6.45, 7) is 10.3. The van der Waals surface area contributed by atoms with E-state index in [-0.39, 0.29) is 17.1 Å². The Kier molecular flexibility index (Phi) is 3.89. The van der Waals surface area contributed by atoms with Gasteiger partial charge < -0.3 is 10.2 Å². The number of ketones is 1. The van der Waals surface area contributed by atoms with Gasteiger partial charge in [0.05, 0.1) is 6.10 Å². The highest BCUT2D eigenvalue weighted by molar-refractivity contribution is 6.02. The number of rotatable bonds is 0. The van der Waals surface area contributed by atoms with Gasteiger partial charge >= 0.3 is 0 Å². The van der Waals surface area contributed by atoms with Crippen molar-refractivity contribution in [1.29, 1.82) is 0 Å². The monoisotopic (exact) mass is 318 g/mol. The van der Waals surface area contributed by atoms with Gasteiger partial charge in [0.1, 0.15) is 5.60 Å². The Morgan fingerprint density at radius 3 is 2.48 bits per heavy atom. The minimum Gasteiger partial charge on any atom is -0.392 e.